The van der Waals surface area contributed by atoms with Crippen molar-refractivity contribution in [2.45, 2.75) is 0 Å². The van der Waals surface area contributed by atoms with E-state index in [9.17, 15) is 24.5 Å². The lowest BCUT2D eigenvalue weighted by Gasteiger charge is -2.27. The van der Waals surface area contributed by atoms with Crippen LogP contribution in [0.3, 0.4) is 0 Å². The van der Waals surface area contributed by atoms with E-state index in [1.165, 1.54) is 36.4 Å². The maximum Gasteiger partial charge on any atom is 0.294 e. The molecule has 2 aliphatic heterocycles. The van der Waals surface area contributed by atoms with Crippen molar-refractivity contribution in [3.05, 3.63) is 56.1 Å². The van der Waals surface area contributed by atoms with E-state index >= 15 is 0 Å². The van der Waals surface area contributed by atoms with Crippen molar-refractivity contribution in [2.24, 2.45) is 0 Å². The van der Waals surface area contributed by atoms with Crippen LogP contribution in [0.15, 0.2) is 39.7 Å². The predicted octanol–water partition coefficient (Wildman–Crippen LogP) is 3.40. The third-order valence-electron chi connectivity index (χ3n) is 4.85. The van der Waals surface area contributed by atoms with Gasteiger partial charge in [0.2, 0.25) is 5.91 Å². The number of thioether (sulfide) groups is 1. The Morgan fingerprint density at radius 2 is 1.97 bits per heavy atom. The number of hydrogen-bond donors (Lipinski definition) is 0. The van der Waals surface area contributed by atoms with Crippen molar-refractivity contribution in [1.29, 1.82) is 0 Å². The highest BCUT2D eigenvalue weighted by Gasteiger charge is 2.37. The quantitative estimate of drug-likeness (QED) is 0.364. The number of morpholine rings is 1. The number of nitro benzene ring substituents is 1. The van der Waals surface area contributed by atoms with Crippen molar-refractivity contribution in [1.82, 2.24) is 9.80 Å². The summed E-state index contributed by atoms with van der Waals surface area (Å²) in [7, 11) is 0. The Kier molecular flexibility index (Phi) is 6.31. The molecule has 2 aromatic rings. The number of ether oxygens (including phenoxy) is 1. The molecule has 3 heterocycles. The van der Waals surface area contributed by atoms with Gasteiger partial charge in [0.15, 0.2) is 0 Å². The molecule has 3 amide bonds. The molecule has 166 valence electrons. The first kappa shape index (κ1) is 22.1. The molecule has 2 saturated heterocycles. The Labute approximate surface area is 190 Å². The van der Waals surface area contributed by atoms with Crippen LogP contribution in [0.1, 0.15) is 5.76 Å². The van der Waals surface area contributed by atoms with E-state index in [0.29, 0.717) is 38.1 Å². The normalized spacial score (nSPS) is 18.0. The number of hydrogen-bond acceptors (Lipinski definition) is 8. The molecule has 2 fully saturated rings. The molecule has 10 nitrogen and oxygen atoms in total. The number of furan rings is 1. The highest BCUT2D eigenvalue weighted by Crippen LogP contribution is 2.36. The molecule has 0 unspecified atom stereocenters. The molecule has 1 aromatic carbocycles. The van der Waals surface area contributed by atoms with Crippen LogP contribution in [0.25, 0.3) is 17.4 Å². The zero-order valence-corrected chi connectivity index (χ0v) is 18.1. The van der Waals surface area contributed by atoms with Gasteiger partial charge in [0.25, 0.3) is 16.8 Å². The Hall–Kier alpha value is -3.15. The molecule has 0 spiro atoms. The standard InChI is InChI=1S/C20H16ClN3O7S/c21-12-1-3-14(15(9-12)24(28)29)16-4-2-13(31-16)10-17-19(26)23(20(27)32-17)11-18(25)22-5-7-30-8-6-22/h1-4,9-10H,5-8,11H2/b17-10+. The molecule has 2 aliphatic rings. The summed E-state index contributed by atoms with van der Waals surface area (Å²) in [6.07, 6.45) is 1.37. The zero-order chi connectivity index (χ0) is 22.8. The van der Waals surface area contributed by atoms with Gasteiger partial charge < -0.3 is 14.1 Å². The van der Waals surface area contributed by atoms with Gasteiger partial charge in [-0.05, 0) is 36.0 Å². The molecule has 0 N–H and O–H groups in total. The van der Waals surface area contributed by atoms with Crippen molar-refractivity contribution in [2.75, 3.05) is 32.8 Å². The molecular weight excluding hydrogens is 462 g/mol. The number of benzene rings is 1. The number of carbonyl (C=O) groups is 3. The van der Waals surface area contributed by atoms with E-state index in [1.807, 2.05) is 0 Å². The molecule has 0 radical (unpaired) electrons. The number of carbonyl (C=O) groups excluding carboxylic acids is 3. The molecule has 4 rings (SSSR count). The third kappa shape index (κ3) is 4.54. The van der Waals surface area contributed by atoms with Crippen LogP contribution >= 0.6 is 23.4 Å². The summed E-state index contributed by atoms with van der Waals surface area (Å²) in [5.41, 5.74) is 0.00334. The topological polar surface area (TPSA) is 123 Å². The number of imide groups is 1. The summed E-state index contributed by atoms with van der Waals surface area (Å²) in [6.45, 7) is 1.32. The van der Waals surface area contributed by atoms with Crippen molar-refractivity contribution < 1.29 is 28.5 Å². The second-order valence-corrected chi connectivity index (χ2v) is 8.31. The van der Waals surface area contributed by atoms with Gasteiger partial charge in [-0.15, -0.1) is 0 Å². The fourth-order valence-electron chi connectivity index (χ4n) is 3.25. The second-order valence-electron chi connectivity index (χ2n) is 6.88. The van der Waals surface area contributed by atoms with E-state index in [1.54, 1.807) is 4.90 Å². The Bertz CT molecular complexity index is 1140. The maximum atomic E-state index is 12.7. The average Bonchev–Trinajstić information content (AvgIpc) is 3.34. The lowest BCUT2D eigenvalue weighted by Crippen LogP contribution is -2.46. The van der Waals surface area contributed by atoms with Crippen LogP contribution in [-0.2, 0) is 14.3 Å². The van der Waals surface area contributed by atoms with Gasteiger partial charge in [-0.3, -0.25) is 29.4 Å². The van der Waals surface area contributed by atoms with Crippen LogP contribution < -0.4 is 0 Å². The summed E-state index contributed by atoms with van der Waals surface area (Å²) in [5.74, 6) is -0.486. The van der Waals surface area contributed by atoms with Gasteiger partial charge in [-0.25, -0.2) is 0 Å². The fourth-order valence-corrected chi connectivity index (χ4v) is 4.24. The highest BCUT2D eigenvalue weighted by atomic mass is 35.5. The summed E-state index contributed by atoms with van der Waals surface area (Å²) in [6, 6.07) is 7.24. The minimum absolute atomic E-state index is 0.0938. The SMILES string of the molecule is O=C(CN1C(=O)S/C(=C/c2ccc(-c3ccc(Cl)cc3[N+](=O)[O-])o2)C1=O)N1CCOCC1. The molecule has 12 heteroatoms. The van der Waals surface area contributed by atoms with Crippen molar-refractivity contribution in [3.8, 4) is 11.3 Å². The first-order chi connectivity index (χ1) is 15.3. The number of halogens is 1. The number of rotatable bonds is 5. The highest BCUT2D eigenvalue weighted by molar-refractivity contribution is 8.18. The van der Waals surface area contributed by atoms with Gasteiger partial charge >= 0.3 is 0 Å². The molecule has 0 atom stereocenters. The second kappa shape index (κ2) is 9.15. The third-order valence-corrected chi connectivity index (χ3v) is 6.00. The van der Waals surface area contributed by atoms with Crippen LogP contribution in [0, 0.1) is 10.1 Å². The lowest BCUT2D eigenvalue weighted by molar-refractivity contribution is -0.384. The van der Waals surface area contributed by atoms with E-state index in [-0.39, 0.29) is 45.2 Å². The van der Waals surface area contributed by atoms with Gasteiger partial charge in [-0.2, -0.15) is 0 Å². The first-order valence-electron chi connectivity index (χ1n) is 9.48. The van der Waals surface area contributed by atoms with Gasteiger partial charge in [0.05, 0.1) is 28.6 Å². The van der Waals surface area contributed by atoms with Gasteiger partial charge in [0, 0.05) is 30.3 Å². The molecule has 1 aromatic heterocycles. The van der Waals surface area contributed by atoms with Crippen LogP contribution in [-0.4, -0.2) is 64.6 Å². The van der Waals surface area contributed by atoms with Crippen LogP contribution in [0.4, 0.5) is 10.5 Å². The fraction of sp³-hybridized carbons (Fsp3) is 0.250. The minimum Gasteiger partial charge on any atom is -0.456 e. The van der Waals surface area contributed by atoms with E-state index < -0.39 is 16.1 Å². The van der Waals surface area contributed by atoms with Crippen LogP contribution in [0.5, 0.6) is 0 Å². The summed E-state index contributed by atoms with van der Waals surface area (Å²) in [5, 5.41) is 11.0. The van der Waals surface area contributed by atoms with Gasteiger partial charge in [-0.1, -0.05) is 11.6 Å². The van der Waals surface area contributed by atoms with Gasteiger partial charge in [0.1, 0.15) is 18.1 Å². The molecule has 32 heavy (non-hydrogen) atoms. The zero-order valence-electron chi connectivity index (χ0n) is 16.5. The minimum atomic E-state index is -0.600. The Morgan fingerprint density at radius 3 is 2.69 bits per heavy atom. The Morgan fingerprint density at radius 1 is 1.22 bits per heavy atom. The average molecular weight is 478 g/mol. The first-order valence-corrected chi connectivity index (χ1v) is 10.7. The molecular formula is C20H16ClN3O7S. The summed E-state index contributed by atoms with van der Waals surface area (Å²) >= 11 is 6.54. The monoisotopic (exact) mass is 477 g/mol. The van der Waals surface area contributed by atoms with E-state index in [4.69, 9.17) is 20.8 Å². The number of amides is 3. The number of nitro groups is 1. The number of nitrogens with zero attached hydrogens (tertiary/aromatic N) is 3. The Balaban J connectivity index is 1.51. The van der Waals surface area contributed by atoms with Crippen molar-refractivity contribution in [3.63, 3.8) is 0 Å². The maximum absolute atomic E-state index is 12.7. The smallest absolute Gasteiger partial charge is 0.294 e. The largest absolute Gasteiger partial charge is 0.456 e. The predicted molar refractivity (Wildman–Crippen MR) is 116 cm³/mol. The van der Waals surface area contributed by atoms with E-state index in [0.717, 1.165) is 4.90 Å². The lowest BCUT2D eigenvalue weighted by atomic mass is 10.1. The summed E-state index contributed by atoms with van der Waals surface area (Å²) < 4.78 is 10.8. The van der Waals surface area contributed by atoms with E-state index in [2.05, 4.69) is 0 Å². The molecule has 0 bridgehead atoms. The van der Waals surface area contributed by atoms with Crippen LogP contribution in [0.2, 0.25) is 5.02 Å². The molecule has 0 aliphatic carbocycles. The van der Waals surface area contributed by atoms with Crippen molar-refractivity contribution >= 4 is 52.2 Å². The summed E-state index contributed by atoms with van der Waals surface area (Å²) in [4.78, 5) is 50.6. The molecule has 0 saturated carbocycles.